The minimum atomic E-state index is 0.611. The summed E-state index contributed by atoms with van der Waals surface area (Å²) in [6, 6.07) is 1.81. The highest BCUT2D eigenvalue weighted by Crippen LogP contribution is 2.11. The normalized spacial score (nSPS) is 8.83. The monoisotopic (exact) mass is 243 g/mol. The van der Waals surface area contributed by atoms with E-state index >= 15 is 0 Å². The second-order valence-electron chi connectivity index (χ2n) is 2.10. The van der Waals surface area contributed by atoms with Gasteiger partial charge in [-0.2, -0.15) is 0 Å². The molecule has 0 saturated heterocycles. The standard InChI is InChI=1S/C9H7BrClN/c10-5-2-1-3-8-4-6-12-7-9(8)11/h4,6-7H,2,5H2. The Bertz CT molecular complexity index is 314. The third-order valence-electron chi connectivity index (χ3n) is 1.21. The summed E-state index contributed by atoms with van der Waals surface area (Å²) < 4.78 is 0. The summed E-state index contributed by atoms with van der Waals surface area (Å²) in [5.74, 6) is 5.94. The van der Waals surface area contributed by atoms with Gasteiger partial charge in [-0.1, -0.05) is 39.4 Å². The van der Waals surface area contributed by atoms with Gasteiger partial charge in [0.05, 0.1) is 5.02 Å². The van der Waals surface area contributed by atoms with Crippen LogP contribution in [0, 0.1) is 11.8 Å². The van der Waals surface area contributed by atoms with Crippen molar-refractivity contribution in [3.05, 3.63) is 29.0 Å². The predicted molar refractivity (Wildman–Crippen MR) is 54.5 cm³/mol. The summed E-state index contributed by atoms with van der Waals surface area (Å²) >= 11 is 9.12. The minimum absolute atomic E-state index is 0.611. The number of halogens is 2. The molecule has 0 aliphatic heterocycles. The van der Waals surface area contributed by atoms with Crippen LogP contribution in [0.3, 0.4) is 0 Å². The number of aromatic nitrogens is 1. The summed E-state index contributed by atoms with van der Waals surface area (Å²) in [4.78, 5) is 3.86. The van der Waals surface area contributed by atoms with Crippen LogP contribution in [0.15, 0.2) is 18.5 Å². The molecular formula is C9H7BrClN. The molecule has 1 aromatic rings. The van der Waals surface area contributed by atoms with Crippen molar-refractivity contribution in [3.8, 4) is 11.8 Å². The third-order valence-corrected chi connectivity index (χ3v) is 1.91. The third kappa shape index (κ3) is 2.84. The highest BCUT2D eigenvalue weighted by Gasteiger charge is 1.92. The van der Waals surface area contributed by atoms with E-state index < -0.39 is 0 Å². The van der Waals surface area contributed by atoms with E-state index in [9.17, 15) is 0 Å². The van der Waals surface area contributed by atoms with Gasteiger partial charge in [0.2, 0.25) is 0 Å². The van der Waals surface area contributed by atoms with E-state index in [0.29, 0.717) is 5.02 Å². The highest BCUT2D eigenvalue weighted by molar-refractivity contribution is 9.09. The molecule has 0 spiro atoms. The van der Waals surface area contributed by atoms with E-state index in [4.69, 9.17) is 11.6 Å². The Morgan fingerprint density at radius 2 is 2.42 bits per heavy atom. The van der Waals surface area contributed by atoms with Crippen LogP contribution >= 0.6 is 27.5 Å². The maximum atomic E-state index is 5.83. The second kappa shape index (κ2) is 5.18. The molecule has 0 unspecified atom stereocenters. The van der Waals surface area contributed by atoms with Crippen LogP contribution in [0.2, 0.25) is 5.02 Å². The van der Waals surface area contributed by atoms with E-state index in [1.165, 1.54) is 0 Å². The van der Waals surface area contributed by atoms with Crippen LogP contribution in [0.5, 0.6) is 0 Å². The molecule has 0 amide bonds. The number of alkyl halides is 1. The topological polar surface area (TPSA) is 12.9 Å². The zero-order valence-corrected chi connectivity index (χ0v) is 8.69. The summed E-state index contributed by atoms with van der Waals surface area (Å²) in [6.45, 7) is 0. The van der Waals surface area contributed by atoms with E-state index in [2.05, 4.69) is 32.8 Å². The number of hydrogen-bond acceptors (Lipinski definition) is 1. The molecule has 12 heavy (non-hydrogen) atoms. The first-order valence-corrected chi connectivity index (χ1v) is 4.99. The molecule has 0 fully saturated rings. The van der Waals surface area contributed by atoms with Gasteiger partial charge in [-0.3, -0.25) is 4.98 Å². The van der Waals surface area contributed by atoms with Crippen molar-refractivity contribution in [2.45, 2.75) is 6.42 Å². The first kappa shape index (κ1) is 9.57. The molecule has 0 aromatic carbocycles. The number of pyridine rings is 1. The van der Waals surface area contributed by atoms with Crippen LogP contribution in [0.4, 0.5) is 0 Å². The average molecular weight is 245 g/mol. The van der Waals surface area contributed by atoms with Gasteiger partial charge in [-0.25, -0.2) is 0 Å². The quantitative estimate of drug-likeness (QED) is 0.547. The lowest BCUT2D eigenvalue weighted by atomic mass is 10.2. The van der Waals surface area contributed by atoms with Gasteiger partial charge in [-0.15, -0.1) is 0 Å². The SMILES string of the molecule is Clc1cnccc1C#CCCBr. The predicted octanol–water partition coefficient (Wildman–Crippen LogP) is 2.87. The smallest absolute Gasteiger partial charge is 0.0745 e. The maximum absolute atomic E-state index is 5.83. The molecule has 0 aliphatic carbocycles. The maximum Gasteiger partial charge on any atom is 0.0745 e. The van der Waals surface area contributed by atoms with E-state index in [1.807, 2.05) is 6.07 Å². The van der Waals surface area contributed by atoms with Crippen LogP contribution in [-0.4, -0.2) is 10.3 Å². The lowest BCUT2D eigenvalue weighted by Gasteiger charge is -1.91. The molecule has 62 valence electrons. The van der Waals surface area contributed by atoms with Gasteiger partial charge in [-0.05, 0) is 6.07 Å². The van der Waals surface area contributed by atoms with Crippen molar-refractivity contribution < 1.29 is 0 Å². The molecule has 3 heteroatoms. The Labute approximate surface area is 85.3 Å². The van der Waals surface area contributed by atoms with Crippen molar-refractivity contribution in [3.63, 3.8) is 0 Å². The summed E-state index contributed by atoms with van der Waals surface area (Å²) in [5.41, 5.74) is 0.840. The first-order chi connectivity index (χ1) is 5.84. The molecule has 0 bridgehead atoms. The van der Waals surface area contributed by atoms with Gasteiger partial charge < -0.3 is 0 Å². The van der Waals surface area contributed by atoms with Crippen molar-refractivity contribution in [1.29, 1.82) is 0 Å². The second-order valence-corrected chi connectivity index (χ2v) is 3.30. The molecule has 1 nitrogen and oxygen atoms in total. The van der Waals surface area contributed by atoms with Gasteiger partial charge in [0, 0.05) is 29.7 Å². The lowest BCUT2D eigenvalue weighted by Crippen LogP contribution is -1.78. The van der Waals surface area contributed by atoms with Gasteiger partial charge in [0.25, 0.3) is 0 Å². The zero-order valence-electron chi connectivity index (χ0n) is 6.35. The number of nitrogens with zero attached hydrogens (tertiary/aromatic N) is 1. The molecule has 0 atom stereocenters. The van der Waals surface area contributed by atoms with E-state index in [-0.39, 0.29) is 0 Å². The van der Waals surface area contributed by atoms with Crippen LogP contribution < -0.4 is 0 Å². The number of rotatable bonds is 1. The Morgan fingerprint density at radius 3 is 3.08 bits per heavy atom. The van der Waals surface area contributed by atoms with Gasteiger partial charge in [0.1, 0.15) is 0 Å². The largest absolute Gasteiger partial charge is 0.263 e. The first-order valence-electron chi connectivity index (χ1n) is 3.49. The van der Waals surface area contributed by atoms with E-state index in [1.54, 1.807) is 12.4 Å². The molecule has 0 N–H and O–H groups in total. The molecule has 0 aliphatic rings. The molecular weight excluding hydrogens is 237 g/mol. The lowest BCUT2D eigenvalue weighted by molar-refractivity contribution is 1.30. The summed E-state index contributed by atoms with van der Waals surface area (Å²) in [5, 5.41) is 1.50. The zero-order chi connectivity index (χ0) is 8.81. The number of hydrogen-bond donors (Lipinski definition) is 0. The highest BCUT2D eigenvalue weighted by atomic mass is 79.9. The molecule has 0 radical (unpaired) electrons. The fraction of sp³-hybridized carbons (Fsp3) is 0.222. The molecule has 1 aromatic heterocycles. The van der Waals surface area contributed by atoms with Crippen LogP contribution in [0.25, 0.3) is 0 Å². The Hall–Kier alpha value is -0.520. The van der Waals surface area contributed by atoms with Crippen molar-refractivity contribution >= 4 is 27.5 Å². The Kier molecular flexibility index (Phi) is 4.13. The average Bonchev–Trinajstić information content (AvgIpc) is 2.09. The molecule has 0 saturated carbocycles. The van der Waals surface area contributed by atoms with Crippen LogP contribution in [-0.2, 0) is 0 Å². The van der Waals surface area contributed by atoms with Crippen LogP contribution in [0.1, 0.15) is 12.0 Å². The molecule has 1 rings (SSSR count). The van der Waals surface area contributed by atoms with Gasteiger partial charge >= 0.3 is 0 Å². The van der Waals surface area contributed by atoms with Crippen molar-refractivity contribution in [2.75, 3.05) is 5.33 Å². The van der Waals surface area contributed by atoms with E-state index in [0.717, 1.165) is 17.3 Å². The fourth-order valence-electron chi connectivity index (χ4n) is 0.682. The van der Waals surface area contributed by atoms with Crippen molar-refractivity contribution in [2.24, 2.45) is 0 Å². The van der Waals surface area contributed by atoms with Crippen molar-refractivity contribution in [1.82, 2.24) is 4.98 Å². The Balaban J connectivity index is 2.77. The van der Waals surface area contributed by atoms with Gasteiger partial charge in [0.15, 0.2) is 0 Å². The fourth-order valence-corrected chi connectivity index (χ4v) is 1.05. The summed E-state index contributed by atoms with van der Waals surface area (Å²) in [7, 11) is 0. The summed E-state index contributed by atoms with van der Waals surface area (Å²) in [6.07, 6.45) is 4.11. The Morgan fingerprint density at radius 1 is 1.58 bits per heavy atom. The molecule has 1 heterocycles. The minimum Gasteiger partial charge on any atom is -0.263 e.